The molecule has 0 radical (unpaired) electrons. The first kappa shape index (κ1) is 67.6. The first-order chi connectivity index (χ1) is 35.5. The summed E-state index contributed by atoms with van der Waals surface area (Å²) >= 11 is 0. The van der Waals surface area contributed by atoms with E-state index in [1.54, 1.807) is 0 Å². The Morgan fingerprint density at radius 2 is 0.699 bits per heavy atom. The number of ether oxygens (including phenoxy) is 6. The molecule has 2 heterocycles. The third-order valence-electron chi connectivity index (χ3n) is 14.8. The molecule has 11 atom stereocenters. The summed E-state index contributed by atoms with van der Waals surface area (Å²) in [4.78, 5) is 25.9. The Morgan fingerprint density at radius 1 is 0.384 bits per heavy atom. The predicted octanol–water partition coefficient (Wildman–Crippen LogP) is 10.3. The van der Waals surface area contributed by atoms with Crippen LogP contribution in [-0.4, -0.2) is 142 Å². The van der Waals surface area contributed by atoms with Crippen molar-refractivity contribution < 1.29 is 73.8 Å². The van der Waals surface area contributed by atoms with E-state index in [-0.39, 0.29) is 26.1 Å². The molecular weight excluding hydrogens is 937 g/mol. The summed E-state index contributed by atoms with van der Waals surface area (Å²) < 4.78 is 33.7. The third-order valence-corrected chi connectivity index (χ3v) is 14.8. The predicted molar refractivity (Wildman–Crippen MR) is 285 cm³/mol. The summed E-state index contributed by atoms with van der Waals surface area (Å²) in [6.07, 6.45) is 29.9. The molecule has 2 aliphatic rings. The molecule has 2 aliphatic heterocycles. The Kier molecular flexibility index (Phi) is 42.2. The van der Waals surface area contributed by atoms with Crippen molar-refractivity contribution in [2.75, 3.05) is 26.4 Å². The number of unbranched alkanes of at least 4 members (excludes halogenated alkanes) is 35. The summed E-state index contributed by atoms with van der Waals surface area (Å²) in [5, 5.41) is 72.3. The Labute approximate surface area is 442 Å². The molecule has 15 heteroatoms. The van der Waals surface area contributed by atoms with Crippen LogP contribution >= 0.6 is 0 Å². The van der Waals surface area contributed by atoms with Gasteiger partial charge < -0.3 is 64.2 Å². The normalized spacial score (nSPS) is 24.7. The number of carbonyl (C=O) groups excluding carboxylic acids is 2. The lowest BCUT2D eigenvalue weighted by Gasteiger charge is -2.42. The molecule has 0 aromatic rings. The molecule has 0 aliphatic carbocycles. The molecule has 0 aromatic carbocycles. The van der Waals surface area contributed by atoms with Gasteiger partial charge in [0.05, 0.1) is 19.8 Å². The summed E-state index contributed by atoms with van der Waals surface area (Å²) in [5.74, 6) is -0.904. The van der Waals surface area contributed by atoms with Crippen molar-refractivity contribution in [3.8, 4) is 0 Å². The number of esters is 2. The molecule has 0 aromatic heterocycles. The number of rotatable bonds is 49. The van der Waals surface area contributed by atoms with Gasteiger partial charge in [0, 0.05) is 12.8 Å². The summed E-state index contributed by atoms with van der Waals surface area (Å²) in [6.45, 7) is 2.66. The van der Waals surface area contributed by atoms with Gasteiger partial charge in [0.1, 0.15) is 55.4 Å². The van der Waals surface area contributed by atoms with Gasteiger partial charge in [0.15, 0.2) is 18.7 Å². The van der Waals surface area contributed by atoms with Crippen molar-refractivity contribution in [2.24, 2.45) is 0 Å². The molecular formula is C58H110O15. The lowest BCUT2D eigenvalue weighted by atomic mass is 9.98. The zero-order chi connectivity index (χ0) is 53.2. The Balaban J connectivity index is 1.71. The second-order valence-electron chi connectivity index (χ2n) is 21.5. The summed E-state index contributed by atoms with van der Waals surface area (Å²) in [7, 11) is 0. The quantitative estimate of drug-likeness (QED) is 0.0222. The topological polar surface area (TPSA) is 231 Å². The fourth-order valence-corrected chi connectivity index (χ4v) is 9.93. The van der Waals surface area contributed by atoms with Gasteiger partial charge in [-0.05, 0) is 12.8 Å². The van der Waals surface area contributed by atoms with Crippen LogP contribution in [0.3, 0.4) is 0 Å². The van der Waals surface area contributed by atoms with Crippen LogP contribution in [0.15, 0.2) is 0 Å². The minimum absolute atomic E-state index is 0.174. The molecule has 0 amide bonds. The molecule has 0 spiro atoms. The van der Waals surface area contributed by atoms with Crippen LogP contribution in [0.1, 0.15) is 264 Å². The van der Waals surface area contributed by atoms with Gasteiger partial charge in [-0.1, -0.05) is 239 Å². The molecule has 0 saturated carbocycles. The average molecular weight is 1050 g/mol. The second kappa shape index (κ2) is 45.5. The molecule has 432 valence electrons. The highest BCUT2D eigenvalue weighted by molar-refractivity contribution is 5.70. The number of hydrogen-bond acceptors (Lipinski definition) is 15. The van der Waals surface area contributed by atoms with Crippen molar-refractivity contribution in [1.82, 2.24) is 0 Å². The van der Waals surface area contributed by atoms with Gasteiger partial charge >= 0.3 is 11.9 Å². The van der Waals surface area contributed by atoms with E-state index >= 15 is 0 Å². The maximum atomic E-state index is 13.1. The van der Waals surface area contributed by atoms with Crippen molar-refractivity contribution in [2.45, 2.75) is 332 Å². The highest BCUT2D eigenvalue weighted by atomic mass is 16.7. The van der Waals surface area contributed by atoms with E-state index in [0.717, 1.165) is 38.5 Å². The van der Waals surface area contributed by atoms with E-state index in [1.807, 2.05) is 0 Å². The van der Waals surface area contributed by atoms with E-state index in [9.17, 15) is 45.3 Å². The fraction of sp³-hybridized carbons (Fsp3) is 0.966. The van der Waals surface area contributed by atoms with Crippen molar-refractivity contribution >= 4 is 11.9 Å². The van der Waals surface area contributed by atoms with Crippen LogP contribution in [-0.2, 0) is 38.0 Å². The largest absolute Gasteiger partial charge is 0.462 e. The van der Waals surface area contributed by atoms with Crippen LogP contribution in [0, 0.1) is 0 Å². The monoisotopic (exact) mass is 1050 g/mol. The minimum Gasteiger partial charge on any atom is -0.462 e. The Hall–Kier alpha value is -1.50. The van der Waals surface area contributed by atoms with Crippen molar-refractivity contribution in [1.29, 1.82) is 0 Å². The first-order valence-electron chi connectivity index (χ1n) is 30.1. The van der Waals surface area contributed by atoms with E-state index in [1.165, 1.54) is 186 Å². The Bertz CT molecular complexity index is 1280. The molecule has 7 N–H and O–H groups in total. The van der Waals surface area contributed by atoms with Crippen LogP contribution in [0.25, 0.3) is 0 Å². The van der Waals surface area contributed by atoms with Gasteiger partial charge in [-0.15, -0.1) is 0 Å². The van der Waals surface area contributed by atoms with Gasteiger partial charge in [0.2, 0.25) is 0 Å². The summed E-state index contributed by atoms with van der Waals surface area (Å²) in [5.41, 5.74) is 0. The van der Waals surface area contributed by atoms with E-state index in [4.69, 9.17) is 28.4 Å². The van der Waals surface area contributed by atoms with Gasteiger partial charge in [0.25, 0.3) is 0 Å². The van der Waals surface area contributed by atoms with Gasteiger partial charge in [-0.25, -0.2) is 0 Å². The minimum atomic E-state index is -1.76. The molecule has 15 nitrogen and oxygen atoms in total. The zero-order valence-corrected chi connectivity index (χ0v) is 46.2. The lowest BCUT2D eigenvalue weighted by Crippen LogP contribution is -2.61. The standard InChI is InChI=1S/C58H110O15/c1-3-5-7-9-11-13-15-17-19-20-21-22-23-24-25-26-27-29-31-33-35-37-39-41-50(61)71-46(43-68-49(60)40-38-36-34-32-30-28-18-16-14-12-10-8-6-4-2)44-69-57-56(67)54(65)52(63)48(73-57)45-70-58-55(66)53(64)51(62)47(42-59)72-58/h46-48,51-59,62-67H,3-45H2,1-2H3. The molecule has 2 saturated heterocycles. The van der Waals surface area contributed by atoms with E-state index in [0.29, 0.717) is 12.8 Å². The molecule has 0 bridgehead atoms. The number of carbonyl (C=O) groups is 2. The molecule has 2 fully saturated rings. The zero-order valence-electron chi connectivity index (χ0n) is 46.2. The molecule has 11 unspecified atom stereocenters. The summed E-state index contributed by atoms with van der Waals surface area (Å²) in [6, 6.07) is 0. The molecule has 73 heavy (non-hydrogen) atoms. The van der Waals surface area contributed by atoms with Crippen LogP contribution < -0.4 is 0 Å². The maximum absolute atomic E-state index is 13.1. The highest BCUT2D eigenvalue weighted by Gasteiger charge is 2.47. The molecule has 2 rings (SSSR count). The van der Waals surface area contributed by atoms with Gasteiger partial charge in [-0.3, -0.25) is 9.59 Å². The number of aliphatic hydroxyl groups excluding tert-OH is 7. The van der Waals surface area contributed by atoms with Gasteiger partial charge in [-0.2, -0.15) is 0 Å². The van der Waals surface area contributed by atoms with Crippen LogP contribution in [0.5, 0.6) is 0 Å². The van der Waals surface area contributed by atoms with Crippen molar-refractivity contribution in [3.05, 3.63) is 0 Å². The Morgan fingerprint density at radius 3 is 1.07 bits per heavy atom. The number of hydrogen-bond donors (Lipinski definition) is 7. The van der Waals surface area contributed by atoms with Crippen molar-refractivity contribution in [3.63, 3.8) is 0 Å². The SMILES string of the molecule is CCCCCCCCCCCCCCCCCCCCCCCCCC(=O)OC(COC(=O)CCCCCCCCCCCCCCCC)COC1OC(COC2OC(CO)C(O)C(O)C2O)C(O)C(O)C1O. The van der Waals surface area contributed by atoms with Crippen LogP contribution in [0.4, 0.5) is 0 Å². The van der Waals surface area contributed by atoms with Crippen LogP contribution in [0.2, 0.25) is 0 Å². The maximum Gasteiger partial charge on any atom is 0.306 e. The average Bonchev–Trinajstić information content (AvgIpc) is 3.38. The highest BCUT2D eigenvalue weighted by Crippen LogP contribution is 2.27. The first-order valence-corrected chi connectivity index (χ1v) is 30.1. The second-order valence-corrected chi connectivity index (χ2v) is 21.5. The lowest BCUT2D eigenvalue weighted by molar-refractivity contribution is -0.332. The number of aliphatic hydroxyl groups is 7. The van der Waals surface area contributed by atoms with E-state index < -0.39 is 92.7 Å². The van der Waals surface area contributed by atoms with E-state index in [2.05, 4.69) is 13.8 Å². The third kappa shape index (κ3) is 32.8. The smallest absolute Gasteiger partial charge is 0.306 e. The fourth-order valence-electron chi connectivity index (χ4n) is 9.93.